The van der Waals surface area contributed by atoms with E-state index < -0.39 is 10.0 Å². The number of anilines is 1. The van der Waals surface area contributed by atoms with Crippen LogP contribution in [0.2, 0.25) is 0 Å². The van der Waals surface area contributed by atoms with Crippen LogP contribution in [0.1, 0.15) is 31.9 Å². The predicted octanol–water partition coefficient (Wildman–Crippen LogP) is 3.13. The van der Waals surface area contributed by atoms with Crippen LogP contribution < -0.4 is 19.1 Å². The van der Waals surface area contributed by atoms with E-state index >= 15 is 0 Å². The molecule has 2 rings (SSSR count). The number of carbonyl (C=O) groups excluding carboxylic acids is 1. The molecule has 0 saturated heterocycles. The summed E-state index contributed by atoms with van der Waals surface area (Å²) in [5.41, 5.74) is 1.30. The summed E-state index contributed by atoms with van der Waals surface area (Å²) in [6, 6.07) is 13.9. The highest BCUT2D eigenvalue weighted by Crippen LogP contribution is 2.24. The monoisotopic (exact) mass is 420 g/mol. The molecule has 0 aliphatic rings. The smallest absolute Gasteiger partial charge is 0.241 e. The van der Waals surface area contributed by atoms with Gasteiger partial charge in [-0.25, -0.2) is 8.42 Å². The van der Waals surface area contributed by atoms with Crippen molar-refractivity contribution >= 4 is 21.6 Å². The molecule has 2 aromatic carbocycles. The van der Waals surface area contributed by atoms with Crippen molar-refractivity contribution in [2.75, 3.05) is 30.8 Å². The van der Waals surface area contributed by atoms with Crippen molar-refractivity contribution in [1.29, 1.82) is 0 Å². The van der Waals surface area contributed by atoms with Crippen molar-refractivity contribution in [3.63, 3.8) is 0 Å². The van der Waals surface area contributed by atoms with Crippen molar-refractivity contribution in [2.24, 2.45) is 0 Å². The second kappa shape index (κ2) is 10.2. The van der Waals surface area contributed by atoms with Gasteiger partial charge in [0.1, 0.15) is 18.0 Å². The highest BCUT2D eigenvalue weighted by molar-refractivity contribution is 7.92. The molecule has 0 fully saturated rings. The average molecular weight is 421 g/mol. The minimum absolute atomic E-state index is 0.232. The lowest BCUT2D eigenvalue weighted by atomic mass is 10.0. The summed E-state index contributed by atoms with van der Waals surface area (Å²) >= 11 is 0. The van der Waals surface area contributed by atoms with Gasteiger partial charge < -0.3 is 14.8 Å². The maximum atomic E-state index is 12.7. The third-order valence-corrected chi connectivity index (χ3v) is 5.51. The number of nitrogens with zero attached hydrogens (tertiary/aromatic N) is 1. The second-order valence-electron chi connectivity index (χ2n) is 6.50. The second-order valence-corrected chi connectivity index (χ2v) is 8.41. The average Bonchev–Trinajstić information content (AvgIpc) is 2.70. The summed E-state index contributed by atoms with van der Waals surface area (Å²) in [6.45, 7) is 3.94. The summed E-state index contributed by atoms with van der Waals surface area (Å²) in [7, 11) is -2.07. The number of benzene rings is 2. The van der Waals surface area contributed by atoms with Crippen LogP contribution in [0, 0.1) is 0 Å². The van der Waals surface area contributed by atoms with E-state index in [1.54, 1.807) is 31.4 Å². The molecular weight excluding hydrogens is 392 g/mol. The Morgan fingerprint density at radius 3 is 2.34 bits per heavy atom. The SMILES string of the molecule is CCOc1cccc(N(CC(=O)NC(CC)c2ccc(OC)cc2)S(C)(=O)=O)c1. The van der Waals surface area contributed by atoms with Crippen molar-refractivity contribution in [1.82, 2.24) is 5.32 Å². The van der Waals surface area contributed by atoms with E-state index in [1.807, 2.05) is 38.1 Å². The molecule has 1 atom stereocenters. The van der Waals surface area contributed by atoms with Gasteiger partial charge in [0.05, 0.1) is 31.7 Å². The van der Waals surface area contributed by atoms with E-state index in [2.05, 4.69) is 5.32 Å². The molecule has 0 bridgehead atoms. The van der Waals surface area contributed by atoms with Crippen LogP contribution in [0.3, 0.4) is 0 Å². The van der Waals surface area contributed by atoms with Crippen LogP contribution in [-0.2, 0) is 14.8 Å². The molecule has 0 saturated carbocycles. The fourth-order valence-electron chi connectivity index (χ4n) is 2.92. The van der Waals surface area contributed by atoms with Crippen molar-refractivity contribution in [2.45, 2.75) is 26.3 Å². The van der Waals surface area contributed by atoms with Crippen LogP contribution in [-0.4, -0.2) is 40.8 Å². The van der Waals surface area contributed by atoms with Gasteiger partial charge in [-0.15, -0.1) is 0 Å². The molecule has 7 nitrogen and oxygen atoms in total. The Morgan fingerprint density at radius 1 is 1.10 bits per heavy atom. The molecule has 1 N–H and O–H groups in total. The van der Waals surface area contributed by atoms with Gasteiger partial charge in [-0.3, -0.25) is 9.10 Å². The minimum atomic E-state index is -3.66. The van der Waals surface area contributed by atoms with Gasteiger partial charge in [0.25, 0.3) is 0 Å². The topological polar surface area (TPSA) is 84.9 Å². The Hall–Kier alpha value is -2.74. The molecule has 0 heterocycles. The van der Waals surface area contributed by atoms with Gasteiger partial charge in [0.2, 0.25) is 15.9 Å². The molecule has 0 aromatic heterocycles. The first-order valence-corrected chi connectivity index (χ1v) is 11.3. The minimum Gasteiger partial charge on any atom is -0.497 e. The van der Waals surface area contributed by atoms with Gasteiger partial charge >= 0.3 is 0 Å². The zero-order chi connectivity index (χ0) is 21.4. The van der Waals surface area contributed by atoms with Gasteiger partial charge in [0, 0.05) is 6.07 Å². The number of methoxy groups -OCH3 is 1. The van der Waals surface area contributed by atoms with Crippen molar-refractivity contribution in [3.05, 3.63) is 54.1 Å². The first kappa shape index (κ1) is 22.5. The molecule has 8 heteroatoms. The standard InChI is InChI=1S/C21H28N2O5S/c1-5-20(16-10-12-18(27-3)13-11-16)22-21(24)15-23(29(4,25)26)17-8-7-9-19(14-17)28-6-2/h7-14,20H,5-6,15H2,1-4H3,(H,22,24). The Labute approximate surface area is 172 Å². The van der Waals surface area contributed by atoms with E-state index in [0.717, 1.165) is 21.9 Å². The molecule has 0 aliphatic carbocycles. The van der Waals surface area contributed by atoms with E-state index in [9.17, 15) is 13.2 Å². The first-order valence-electron chi connectivity index (χ1n) is 9.42. The molecule has 0 aliphatic heterocycles. The third kappa shape index (κ3) is 6.39. The Bertz CT molecular complexity index is 913. The molecular formula is C21H28N2O5S. The zero-order valence-electron chi connectivity index (χ0n) is 17.2. The number of hydrogen-bond acceptors (Lipinski definition) is 5. The maximum absolute atomic E-state index is 12.7. The van der Waals surface area contributed by atoms with Crippen LogP contribution in [0.15, 0.2) is 48.5 Å². The highest BCUT2D eigenvalue weighted by Gasteiger charge is 2.23. The molecule has 29 heavy (non-hydrogen) atoms. The fraction of sp³-hybridized carbons (Fsp3) is 0.381. The number of hydrogen-bond donors (Lipinski definition) is 1. The predicted molar refractivity (Wildman–Crippen MR) is 114 cm³/mol. The Balaban J connectivity index is 2.18. The van der Waals surface area contributed by atoms with E-state index in [0.29, 0.717) is 24.5 Å². The van der Waals surface area contributed by atoms with E-state index in [-0.39, 0.29) is 18.5 Å². The number of sulfonamides is 1. The number of ether oxygens (including phenoxy) is 2. The summed E-state index contributed by atoms with van der Waals surface area (Å²) < 4.78 is 36.3. The summed E-state index contributed by atoms with van der Waals surface area (Å²) in [4.78, 5) is 12.7. The molecule has 0 radical (unpaired) electrons. The summed E-state index contributed by atoms with van der Waals surface area (Å²) in [5.74, 6) is 0.885. The summed E-state index contributed by atoms with van der Waals surface area (Å²) in [5, 5.41) is 2.92. The van der Waals surface area contributed by atoms with Gasteiger partial charge in [-0.1, -0.05) is 25.1 Å². The molecule has 1 unspecified atom stereocenters. The van der Waals surface area contributed by atoms with E-state index in [4.69, 9.17) is 9.47 Å². The van der Waals surface area contributed by atoms with Crippen LogP contribution in [0.25, 0.3) is 0 Å². The van der Waals surface area contributed by atoms with Crippen LogP contribution in [0.4, 0.5) is 5.69 Å². The lowest BCUT2D eigenvalue weighted by molar-refractivity contribution is -0.120. The number of carbonyl (C=O) groups is 1. The van der Waals surface area contributed by atoms with Gasteiger partial charge in [0.15, 0.2) is 0 Å². The van der Waals surface area contributed by atoms with Gasteiger partial charge in [-0.2, -0.15) is 0 Å². The lowest BCUT2D eigenvalue weighted by Gasteiger charge is -2.24. The summed E-state index contributed by atoms with van der Waals surface area (Å²) in [6.07, 6.45) is 1.74. The number of rotatable bonds is 10. The lowest BCUT2D eigenvalue weighted by Crippen LogP contribution is -2.41. The Morgan fingerprint density at radius 2 is 1.79 bits per heavy atom. The molecule has 158 valence electrons. The highest BCUT2D eigenvalue weighted by atomic mass is 32.2. The zero-order valence-corrected chi connectivity index (χ0v) is 18.0. The normalized spacial score (nSPS) is 12.1. The fourth-order valence-corrected chi connectivity index (χ4v) is 3.77. The quantitative estimate of drug-likeness (QED) is 0.638. The van der Waals surface area contributed by atoms with Gasteiger partial charge in [-0.05, 0) is 43.2 Å². The molecule has 1 amide bonds. The largest absolute Gasteiger partial charge is 0.497 e. The first-order chi connectivity index (χ1) is 13.8. The van der Waals surface area contributed by atoms with Crippen molar-refractivity contribution in [3.8, 4) is 11.5 Å². The third-order valence-electron chi connectivity index (χ3n) is 4.37. The van der Waals surface area contributed by atoms with E-state index in [1.165, 1.54) is 0 Å². The molecule has 2 aromatic rings. The molecule has 0 spiro atoms. The van der Waals surface area contributed by atoms with Crippen LogP contribution >= 0.6 is 0 Å². The number of nitrogens with one attached hydrogen (secondary N) is 1. The Kier molecular flexibility index (Phi) is 7.90. The van der Waals surface area contributed by atoms with Crippen molar-refractivity contribution < 1.29 is 22.7 Å². The van der Waals surface area contributed by atoms with Crippen LogP contribution in [0.5, 0.6) is 11.5 Å². The maximum Gasteiger partial charge on any atom is 0.241 e. The number of amides is 1.